The molecule has 0 rings (SSSR count). The summed E-state index contributed by atoms with van der Waals surface area (Å²) in [5, 5.41) is 10.2. The lowest BCUT2D eigenvalue weighted by Crippen LogP contribution is -2.43. The van der Waals surface area contributed by atoms with Crippen molar-refractivity contribution in [2.75, 3.05) is 6.54 Å². The van der Waals surface area contributed by atoms with Gasteiger partial charge in [0, 0.05) is 6.42 Å². The Bertz CT molecular complexity index is 292. The van der Waals surface area contributed by atoms with E-state index in [1.54, 1.807) is 0 Å². The molecule has 0 saturated heterocycles. The highest BCUT2D eigenvalue weighted by molar-refractivity contribution is 5.77. The third kappa shape index (κ3) is 7.82. The van der Waals surface area contributed by atoms with E-state index in [0.717, 1.165) is 17.9 Å². The SMILES string of the molecule is CCC(C)CCC(CN(N)C(=O)CC(C)C)C(=O)O. The van der Waals surface area contributed by atoms with Gasteiger partial charge in [0.1, 0.15) is 0 Å². The van der Waals surface area contributed by atoms with Crippen LogP contribution >= 0.6 is 0 Å². The number of carboxylic acids is 1. The van der Waals surface area contributed by atoms with Crippen molar-refractivity contribution in [1.29, 1.82) is 0 Å². The van der Waals surface area contributed by atoms with Gasteiger partial charge in [-0.15, -0.1) is 0 Å². The zero-order valence-corrected chi connectivity index (χ0v) is 12.6. The summed E-state index contributed by atoms with van der Waals surface area (Å²) in [4.78, 5) is 22.9. The summed E-state index contributed by atoms with van der Waals surface area (Å²) in [5.41, 5.74) is 0. The van der Waals surface area contributed by atoms with E-state index >= 15 is 0 Å². The highest BCUT2D eigenvalue weighted by Gasteiger charge is 2.23. The fourth-order valence-electron chi connectivity index (χ4n) is 1.79. The number of rotatable bonds is 9. The number of carbonyl (C=O) groups excluding carboxylic acids is 1. The number of hydrogen-bond acceptors (Lipinski definition) is 3. The summed E-state index contributed by atoms with van der Waals surface area (Å²) in [7, 11) is 0. The number of hydrogen-bond donors (Lipinski definition) is 2. The van der Waals surface area contributed by atoms with E-state index in [1.807, 2.05) is 13.8 Å². The van der Waals surface area contributed by atoms with Gasteiger partial charge in [0.2, 0.25) is 5.91 Å². The number of nitrogens with two attached hydrogens (primary N) is 1. The molecule has 2 unspecified atom stereocenters. The molecule has 0 radical (unpaired) electrons. The van der Waals surface area contributed by atoms with Crippen molar-refractivity contribution in [2.24, 2.45) is 23.6 Å². The fourth-order valence-corrected chi connectivity index (χ4v) is 1.79. The van der Waals surface area contributed by atoms with Crippen LogP contribution in [0.15, 0.2) is 0 Å². The second-order valence-electron chi connectivity index (χ2n) is 5.77. The van der Waals surface area contributed by atoms with Gasteiger partial charge in [0.25, 0.3) is 0 Å². The first-order valence-electron chi connectivity index (χ1n) is 7.05. The van der Waals surface area contributed by atoms with Crippen molar-refractivity contribution in [3.63, 3.8) is 0 Å². The second-order valence-corrected chi connectivity index (χ2v) is 5.77. The van der Waals surface area contributed by atoms with Gasteiger partial charge >= 0.3 is 5.97 Å². The highest BCUT2D eigenvalue weighted by atomic mass is 16.4. The largest absolute Gasteiger partial charge is 0.481 e. The summed E-state index contributed by atoms with van der Waals surface area (Å²) < 4.78 is 0. The predicted octanol–water partition coefficient (Wildman–Crippen LogP) is 2.26. The monoisotopic (exact) mass is 272 g/mol. The molecule has 0 aromatic carbocycles. The summed E-state index contributed by atoms with van der Waals surface area (Å²) >= 11 is 0. The van der Waals surface area contributed by atoms with Crippen molar-refractivity contribution < 1.29 is 14.7 Å². The number of hydrazine groups is 1. The summed E-state index contributed by atoms with van der Waals surface area (Å²) in [6, 6.07) is 0. The molecule has 0 aliphatic rings. The molecule has 19 heavy (non-hydrogen) atoms. The maximum atomic E-state index is 11.7. The molecule has 0 saturated carbocycles. The Morgan fingerprint density at radius 1 is 1.21 bits per heavy atom. The molecule has 3 N–H and O–H groups in total. The van der Waals surface area contributed by atoms with Crippen LogP contribution in [0.1, 0.15) is 53.4 Å². The van der Waals surface area contributed by atoms with Gasteiger partial charge in [-0.25, -0.2) is 5.84 Å². The molecule has 0 aromatic rings. The van der Waals surface area contributed by atoms with E-state index < -0.39 is 11.9 Å². The molecular formula is C14H28N2O3. The maximum Gasteiger partial charge on any atom is 0.308 e. The number of nitrogens with zero attached hydrogens (tertiary/aromatic N) is 1. The minimum atomic E-state index is -0.879. The molecule has 5 heteroatoms. The van der Waals surface area contributed by atoms with Gasteiger partial charge in [-0.05, 0) is 24.7 Å². The highest BCUT2D eigenvalue weighted by Crippen LogP contribution is 2.16. The third-order valence-electron chi connectivity index (χ3n) is 3.37. The Morgan fingerprint density at radius 3 is 2.21 bits per heavy atom. The Labute approximate surface area is 116 Å². The Balaban J connectivity index is 4.33. The molecule has 112 valence electrons. The maximum absolute atomic E-state index is 11.7. The van der Waals surface area contributed by atoms with Crippen LogP contribution < -0.4 is 5.84 Å². The first kappa shape index (κ1) is 17.9. The van der Waals surface area contributed by atoms with Gasteiger partial charge in [0.05, 0.1) is 12.5 Å². The van der Waals surface area contributed by atoms with Crippen LogP contribution in [0.25, 0.3) is 0 Å². The number of aliphatic carboxylic acids is 1. The molecular weight excluding hydrogens is 244 g/mol. The average molecular weight is 272 g/mol. The molecule has 1 amide bonds. The second kappa shape index (κ2) is 8.91. The van der Waals surface area contributed by atoms with E-state index in [4.69, 9.17) is 5.84 Å². The van der Waals surface area contributed by atoms with Crippen LogP contribution in [-0.4, -0.2) is 28.5 Å². The topological polar surface area (TPSA) is 83.6 Å². The van der Waals surface area contributed by atoms with E-state index in [1.165, 1.54) is 0 Å². The number of carboxylic acid groups (broad SMARTS) is 1. The normalized spacial score (nSPS) is 14.2. The smallest absolute Gasteiger partial charge is 0.308 e. The minimum absolute atomic E-state index is 0.0946. The van der Waals surface area contributed by atoms with Crippen LogP contribution in [0.5, 0.6) is 0 Å². The van der Waals surface area contributed by atoms with Gasteiger partial charge in [-0.1, -0.05) is 34.1 Å². The number of amides is 1. The van der Waals surface area contributed by atoms with Crippen molar-refractivity contribution in [3.05, 3.63) is 0 Å². The number of carbonyl (C=O) groups is 2. The molecule has 5 nitrogen and oxygen atoms in total. The van der Waals surface area contributed by atoms with Crippen molar-refractivity contribution in [3.8, 4) is 0 Å². The van der Waals surface area contributed by atoms with Crippen LogP contribution in [-0.2, 0) is 9.59 Å². The molecule has 0 fully saturated rings. The standard InChI is InChI=1S/C14H28N2O3/c1-5-11(4)6-7-12(14(18)19)9-16(15)13(17)8-10(2)3/h10-12H,5-9,15H2,1-4H3,(H,18,19). The molecule has 0 heterocycles. The van der Waals surface area contributed by atoms with E-state index in [0.29, 0.717) is 18.8 Å². The quantitative estimate of drug-likeness (QED) is 0.383. The van der Waals surface area contributed by atoms with Crippen LogP contribution in [0.2, 0.25) is 0 Å². The molecule has 0 aliphatic heterocycles. The molecule has 0 aliphatic carbocycles. The summed E-state index contributed by atoms with van der Waals surface area (Å²) in [6.45, 7) is 8.15. The molecule has 0 bridgehead atoms. The zero-order valence-electron chi connectivity index (χ0n) is 12.6. The van der Waals surface area contributed by atoms with E-state index in [9.17, 15) is 14.7 Å². The zero-order chi connectivity index (χ0) is 15.0. The first-order chi connectivity index (χ1) is 8.77. The lowest BCUT2D eigenvalue weighted by Gasteiger charge is -2.22. The summed E-state index contributed by atoms with van der Waals surface area (Å²) in [6.07, 6.45) is 2.80. The van der Waals surface area contributed by atoms with Gasteiger partial charge in [-0.3, -0.25) is 14.6 Å². The third-order valence-corrected chi connectivity index (χ3v) is 3.37. The fraction of sp³-hybridized carbons (Fsp3) is 0.857. The average Bonchev–Trinajstić information content (AvgIpc) is 2.32. The van der Waals surface area contributed by atoms with Crippen molar-refractivity contribution in [1.82, 2.24) is 5.01 Å². The lowest BCUT2D eigenvalue weighted by atomic mass is 9.95. The van der Waals surface area contributed by atoms with Gasteiger partial charge in [0.15, 0.2) is 0 Å². The van der Waals surface area contributed by atoms with Gasteiger partial charge < -0.3 is 5.11 Å². The Hall–Kier alpha value is -1.10. The molecule has 2 atom stereocenters. The van der Waals surface area contributed by atoms with Crippen LogP contribution in [0, 0.1) is 17.8 Å². The predicted molar refractivity (Wildman–Crippen MR) is 75.2 cm³/mol. The van der Waals surface area contributed by atoms with Crippen LogP contribution in [0.4, 0.5) is 0 Å². The Kier molecular flexibility index (Phi) is 8.39. The van der Waals surface area contributed by atoms with Crippen molar-refractivity contribution >= 4 is 11.9 Å². The van der Waals surface area contributed by atoms with Crippen molar-refractivity contribution in [2.45, 2.75) is 53.4 Å². The summed E-state index contributed by atoms with van der Waals surface area (Å²) in [5.74, 6) is 4.74. The van der Waals surface area contributed by atoms with E-state index in [2.05, 4.69) is 13.8 Å². The molecule has 0 aromatic heterocycles. The van der Waals surface area contributed by atoms with Crippen LogP contribution in [0.3, 0.4) is 0 Å². The Morgan fingerprint density at radius 2 is 1.79 bits per heavy atom. The molecule has 0 spiro atoms. The minimum Gasteiger partial charge on any atom is -0.481 e. The lowest BCUT2D eigenvalue weighted by molar-refractivity contribution is -0.144. The van der Waals surface area contributed by atoms with Gasteiger partial charge in [-0.2, -0.15) is 0 Å². The van der Waals surface area contributed by atoms with E-state index in [-0.39, 0.29) is 18.4 Å². The first-order valence-corrected chi connectivity index (χ1v) is 7.05.